The summed E-state index contributed by atoms with van der Waals surface area (Å²) in [5.74, 6) is 0.0617. The Kier molecular flexibility index (Phi) is 2.20. The van der Waals surface area contributed by atoms with Crippen LogP contribution >= 0.6 is 23.2 Å². The highest BCUT2D eigenvalue weighted by Gasteiger charge is 2.43. The lowest BCUT2D eigenvalue weighted by atomic mass is 10.1. The van der Waals surface area contributed by atoms with Crippen LogP contribution in [0.25, 0.3) is 0 Å². The van der Waals surface area contributed by atoms with E-state index < -0.39 is 0 Å². The van der Waals surface area contributed by atoms with E-state index in [4.69, 9.17) is 23.2 Å². The molecule has 1 aromatic carbocycles. The number of rotatable bonds is 1. The van der Waals surface area contributed by atoms with Crippen LogP contribution in [0.15, 0.2) is 12.1 Å². The third-order valence-corrected chi connectivity index (χ3v) is 3.86. The predicted molar refractivity (Wildman–Crippen MR) is 64.1 cm³/mol. The summed E-state index contributed by atoms with van der Waals surface area (Å²) >= 11 is 12.1. The number of hydrogen-bond acceptors (Lipinski definition) is 1. The highest BCUT2D eigenvalue weighted by atomic mass is 35.5. The molecule has 1 atom stereocenters. The van der Waals surface area contributed by atoms with Crippen LogP contribution in [0, 0.1) is 0 Å². The minimum absolute atomic E-state index is 0.0617. The van der Waals surface area contributed by atoms with Gasteiger partial charge in [0.2, 0.25) is 0 Å². The van der Waals surface area contributed by atoms with Crippen molar-refractivity contribution in [2.75, 3.05) is 0 Å². The standard InChI is InChI=1S/C12H11Cl2NO/c1-6-9-4-7(13)5-10(14)11(9)12(16)15(6)8-2-3-8/h4-6,8H,2-3H2,1H3. The summed E-state index contributed by atoms with van der Waals surface area (Å²) in [6, 6.07) is 4.01. The molecule has 1 aliphatic heterocycles. The van der Waals surface area contributed by atoms with E-state index in [9.17, 15) is 4.79 Å². The van der Waals surface area contributed by atoms with E-state index in [1.54, 1.807) is 6.07 Å². The summed E-state index contributed by atoms with van der Waals surface area (Å²) < 4.78 is 0. The molecular weight excluding hydrogens is 245 g/mol. The molecule has 1 unspecified atom stereocenters. The first-order chi connectivity index (χ1) is 7.59. The molecule has 0 radical (unpaired) electrons. The van der Waals surface area contributed by atoms with Gasteiger partial charge in [0.05, 0.1) is 16.6 Å². The van der Waals surface area contributed by atoms with Crippen LogP contribution in [0.4, 0.5) is 0 Å². The summed E-state index contributed by atoms with van der Waals surface area (Å²) in [6.07, 6.45) is 2.21. The highest BCUT2D eigenvalue weighted by molar-refractivity contribution is 6.37. The first-order valence-corrected chi connectivity index (χ1v) is 6.17. The Morgan fingerprint density at radius 1 is 1.31 bits per heavy atom. The molecule has 1 heterocycles. The Morgan fingerprint density at radius 2 is 2.00 bits per heavy atom. The molecule has 1 saturated carbocycles. The zero-order chi connectivity index (χ0) is 11.4. The zero-order valence-electron chi connectivity index (χ0n) is 8.84. The van der Waals surface area contributed by atoms with Crippen LogP contribution in [0.1, 0.15) is 41.7 Å². The fourth-order valence-corrected chi connectivity index (χ4v) is 3.03. The van der Waals surface area contributed by atoms with Crippen molar-refractivity contribution in [3.8, 4) is 0 Å². The van der Waals surface area contributed by atoms with Gasteiger partial charge in [-0.05, 0) is 37.5 Å². The summed E-state index contributed by atoms with van der Waals surface area (Å²) in [4.78, 5) is 14.2. The molecule has 0 bridgehead atoms. The molecule has 1 amide bonds. The van der Waals surface area contributed by atoms with Gasteiger partial charge < -0.3 is 4.90 Å². The summed E-state index contributed by atoms with van der Waals surface area (Å²) in [6.45, 7) is 2.04. The number of nitrogens with zero attached hydrogens (tertiary/aromatic N) is 1. The second-order valence-corrected chi connectivity index (χ2v) is 5.32. The molecule has 2 nitrogen and oxygen atoms in total. The second-order valence-electron chi connectivity index (χ2n) is 4.47. The van der Waals surface area contributed by atoms with E-state index in [0.717, 1.165) is 18.4 Å². The van der Waals surface area contributed by atoms with Gasteiger partial charge in [0.15, 0.2) is 0 Å². The third-order valence-electron chi connectivity index (χ3n) is 3.34. The maximum atomic E-state index is 12.2. The predicted octanol–water partition coefficient (Wildman–Crippen LogP) is 3.67. The van der Waals surface area contributed by atoms with E-state index in [0.29, 0.717) is 21.7 Å². The van der Waals surface area contributed by atoms with Crippen molar-refractivity contribution in [1.29, 1.82) is 0 Å². The fraction of sp³-hybridized carbons (Fsp3) is 0.417. The van der Waals surface area contributed by atoms with Gasteiger partial charge in [-0.3, -0.25) is 4.79 Å². The summed E-state index contributed by atoms with van der Waals surface area (Å²) in [5.41, 5.74) is 1.61. The van der Waals surface area contributed by atoms with Gasteiger partial charge in [-0.2, -0.15) is 0 Å². The van der Waals surface area contributed by atoms with E-state index in [-0.39, 0.29) is 11.9 Å². The quantitative estimate of drug-likeness (QED) is 0.750. The molecule has 4 heteroatoms. The molecule has 1 fully saturated rings. The van der Waals surface area contributed by atoms with E-state index >= 15 is 0 Å². The maximum Gasteiger partial charge on any atom is 0.256 e. The van der Waals surface area contributed by atoms with Crippen molar-refractivity contribution >= 4 is 29.1 Å². The third kappa shape index (κ3) is 1.36. The Hall–Kier alpha value is -0.730. The van der Waals surface area contributed by atoms with Crippen LogP contribution in [0.3, 0.4) is 0 Å². The topological polar surface area (TPSA) is 20.3 Å². The van der Waals surface area contributed by atoms with Gasteiger partial charge in [-0.25, -0.2) is 0 Å². The van der Waals surface area contributed by atoms with Gasteiger partial charge in [0.25, 0.3) is 5.91 Å². The average molecular weight is 256 g/mol. The summed E-state index contributed by atoms with van der Waals surface area (Å²) in [5, 5.41) is 1.07. The van der Waals surface area contributed by atoms with Crippen LogP contribution in [0.5, 0.6) is 0 Å². The molecule has 0 spiro atoms. The van der Waals surface area contributed by atoms with Crippen LogP contribution < -0.4 is 0 Å². The van der Waals surface area contributed by atoms with Gasteiger partial charge in [-0.15, -0.1) is 0 Å². The molecule has 1 aromatic rings. The molecule has 2 aliphatic rings. The molecule has 3 rings (SSSR count). The minimum Gasteiger partial charge on any atom is -0.329 e. The minimum atomic E-state index is 0.0617. The molecule has 0 saturated heterocycles. The lowest BCUT2D eigenvalue weighted by Gasteiger charge is -2.21. The molecule has 16 heavy (non-hydrogen) atoms. The van der Waals surface area contributed by atoms with Crippen molar-refractivity contribution in [3.63, 3.8) is 0 Å². The van der Waals surface area contributed by atoms with Crippen molar-refractivity contribution in [3.05, 3.63) is 33.3 Å². The van der Waals surface area contributed by atoms with Gasteiger partial charge >= 0.3 is 0 Å². The molecule has 0 aromatic heterocycles. The number of benzene rings is 1. The van der Waals surface area contributed by atoms with Crippen molar-refractivity contribution in [1.82, 2.24) is 4.90 Å². The number of hydrogen-bond donors (Lipinski definition) is 0. The number of fused-ring (bicyclic) bond motifs is 1. The maximum absolute atomic E-state index is 12.2. The van der Waals surface area contributed by atoms with Crippen molar-refractivity contribution in [2.45, 2.75) is 31.8 Å². The Bertz CT molecular complexity index is 482. The van der Waals surface area contributed by atoms with E-state index in [1.807, 2.05) is 17.9 Å². The zero-order valence-corrected chi connectivity index (χ0v) is 10.3. The lowest BCUT2D eigenvalue weighted by Crippen LogP contribution is -2.28. The lowest BCUT2D eigenvalue weighted by molar-refractivity contribution is 0.0723. The van der Waals surface area contributed by atoms with E-state index in [1.165, 1.54) is 0 Å². The van der Waals surface area contributed by atoms with Crippen LogP contribution in [0.2, 0.25) is 10.0 Å². The van der Waals surface area contributed by atoms with Crippen LogP contribution in [-0.4, -0.2) is 16.8 Å². The first-order valence-electron chi connectivity index (χ1n) is 5.41. The number of halogens is 2. The fourth-order valence-electron chi connectivity index (χ4n) is 2.44. The normalized spacial score (nSPS) is 23.8. The van der Waals surface area contributed by atoms with Gasteiger partial charge in [0.1, 0.15) is 0 Å². The Balaban J connectivity index is 2.14. The summed E-state index contributed by atoms with van der Waals surface area (Å²) in [7, 11) is 0. The first kappa shape index (κ1) is 10.4. The van der Waals surface area contributed by atoms with Gasteiger partial charge in [-0.1, -0.05) is 23.2 Å². The van der Waals surface area contributed by atoms with E-state index in [2.05, 4.69) is 0 Å². The average Bonchev–Trinajstić information content (AvgIpc) is 2.97. The smallest absolute Gasteiger partial charge is 0.256 e. The number of carbonyl (C=O) groups excluding carboxylic acids is 1. The molecular formula is C12H11Cl2NO. The number of carbonyl (C=O) groups is 1. The number of amides is 1. The SMILES string of the molecule is CC1c2cc(Cl)cc(Cl)c2C(=O)N1C1CC1. The Morgan fingerprint density at radius 3 is 2.62 bits per heavy atom. The van der Waals surface area contributed by atoms with Crippen LogP contribution in [-0.2, 0) is 0 Å². The highest BCUT2D eigenvalue weighted by Crippen LogP contribution is 2.44. The largest absolute Gasteiger partial charge is 0.329 e. The monoisotopic (exact) mass is 255 g/mol. The van der Waals surface area contributed by atoms with Gasteiger partial charge in [0, 0.05) is 11.1 Å². The second kappa shape index (κ2) is 3.38. The van der Waals surface area contributed by atoms with Crippen molar-refractivity contribution in [2.24, 2.45) is 0 Å². The molecule has 1 aliphatic carbocycles. The van der Waals surface area contributed by atoms with Crippen molar-refractivity contribution < 1.29 is 4.79 Å². The Labute approximate surface area is 104 Å². The molecule has 0 N–H and O–H groups in total. The molecule has 84 valence electrons.